The molecule has 4 nitrogen and oxygen atoms in total. The Balaban J connectivity index is 2.12. The molecule has 1 fully saturated rings. The number of aryl methyl sites for hydroxylation is 1. The van der Waals surface area contributed by atoms with Crippen LogP contribution in [0, 0.1) is 5.92 Å². The van der Waals surface area contributed by atoms with E-state index in [4.69, 9.17) is 5.11 Å². The summed E-state index contributed by atoms with van der Waals surface area (Å²) < 4.78 is 0. The third-order valence-electron chi connectivity index (χ3n) is 3.47. The van der Waals surface area contributed by atoms with Crippen LogP contribution in [0.1, 0.15) is 48.5 Å². The Labute approximate surface area is 112 Å². The summed E-state index contributed by atoms with van der Waals surface area (Å²) in [6.07, 6.45) is 4.37. The molecule has 1 unspecified atom stereocenters. The molecule has 1 aromatic heterocycles. The van der Waals surface area contributed by atoms with Crippen LogP contribution in [0.2, 0.25) is 0 Å². The number of hydrogen-bond donors (Lipinski definition) is 1. The van der Waals surface area contributed by atoms with Crippen LogP contribution < -0.4 is 4.90 Å². The van der Waals surface area contributed by atoms with E-state index in [1.165, 1.54) is 30.6 Å². The van der Waals surface area contributed by atoms with E-state index in [0.29, 0.717) is 11.3 Å². The molecule has 1 saturated heterocycles. The largest absolute Gasteiger partial charge is 0.477 e. The Hall–Kier alpha value is -1.10. The number of carboxylic acids is 1. The van der Waals surface area contributed by atoms with Crippen LogP contribution >= 0.6 is 11.3 Å². The summed E-state index contributed by atoms with van der Waals surface area (Å²) in [6.45, 7) is 6.21. The highest BCUT2D eigenvalue weighted by atomic mass is 32.1. The zero-order valence-corrected chi connectivity index (χ0v) is 11.8. The van der Waals surface area contributed by atoms with E-state index in [1.807, 2.05) is 6.92 Å². The summed E-state index contributed by atoms with van der Waals surface area (Å²) in [4.78, 5) is 18.3. The van der Waals surface area contributed by atoms with Crippen molar-refractivity contribution in [1.29, 1.82) is 0 Å². The molecule has 18 heavy (non-hydrogen) atoms. The molecule has 0 bridgehead atoms. The van der Waals surface area contributed by atoms with Crippen molar-refractivity contribution in [2.24, 2.45) is 5.92 Å². The van der Waals surface area contributed by atoms with Crippen molar-refractivity contribution in [2.75, 3.05) is 18.0 Å². The highest BCUT2D eigenvalue weighted by Gasteiger charge is 2.26. The van der Waals surface area contributed by atoms with E-state index in [1.54, 1.807) is 0 Å². The summed E-state index contributed by atoms with van der Waals surface area (Å²) in [5, 5.41) is 10.0. The fourth-order valence-corrected chi connectivity index (χ4v) is 3.56. The number of carboxylic acid groups (broad SMARTS) is 1. The van der Waals surface area contributed by atoms with E-state index in [0.717, 1.165) is 29.8 Å². The predicted octanol–water partition coefficient (Wildman–Crippen LogP) is 3.03. The van der Waals surface area contributed by atoms with Crippen molar-refractivity contribution in [2.45, 2.75) is 39.5 Å². The maximum atomic E-state index is 11.1. The molecule has 2 heterocycles. The maximum absolute atomic E-state index is 11.1. The van der Waals surface area contributed by atoms with Crippen LogP contribution in [0.15, 0.2) is 0 Å². The molecule has 0 aromatic carbocycles. The Morgan fingerprint density at radius 2 is 2.33 bits per heavy atom. The first-order valence-corrected chi connectivity index (χ1v) is 7.45. The van der Waals surface area contributed by atoms with Gasteiger partial charge in [0.25, 0.3) is 0 Å². The second kappa shape index (κ2) is 5.69. The maximum Gasteiger partial charge on any atom is 0.347 e. The number of carbonyl (C=O) groups is 1. The van der Waals surface area contributed by atoms with Crippen molar-refractivity contribution in [3.8, 4) is 0 Å². The minimum absolute atomic E-state index is 0.409. The monoisotopic (exact) mass is 268 g/mol. The van der Waals surface area contributed by atoms with Gasteiger partial charge in [-0.3, -0.25) is 0 Å². The van der Waals surface area contributed by atoms with Crippen molar-refractivity contribution >= 4 is 22.4 Å². The van der Waals surface area contributed by atoms with Gasteiger partial charge in [0.05, 0.1) is 5.69 Å². The SMILES string of the molecule is CCCC1CCN(c2nc(CC)c(C(=O)O)s2)C1. The van der Waals surface area contributed by atoms with Crippen LogP contribution in [0.3, 0.4) is 0 Å². The fraction of sp³-hybridized carbons (Fsp3) is 0.692. The third-order valence-corrected chi connectivity index (χ3v) is 4.61. The minimum atomic E-state index is -0.847. The van der Waals surface area contributed by atoms with Gasteiger partial charge >= 0.3 is 5.97 Å². The molecular weight excluding hydrogens is 248 g/mol. The van der Waals surface area contributed by atoms with Crippen LogP contribution in [0.4, 0.5) is 5.13 Å². The van der Waals surface area contributed by atoms with Crippen LogP contribution in [0.5, 0.6) is 0 Å². The molecule has 1 aromatic rings. The summed E-state index contributed by atoms with van der Waals surface area (Å²) in [7, 11) is 0. The van der Waals surface area contributed by atoms with Crippen LogP contribution in [-0.2, 0) is 6.42 Å². The normalized spacial score (nSPS) is 19.4. The van der Waals surface area contributed by atoms with Gasteiger partial charge in [0.2, 0.25) is 0 Å². The molecular formula is C13H20N2O2S. The first kappa shape index (κ1) is 13.3. The van der Waals surface area contributed by atoms with Gasteiger partial charge in [-0.2, -0.15) is 0 Å². The van der Waals surface area contributed by atoms with E-state index in [2.05, 4.69) is 16.8 Å². The lowest BCUT2D eigenvalue weighted by molar-refractivity contribution is 0.0701. The molecule has 1 aliphatic heterocycles. The van der Waals surface area contributed by atoms with Crippen molar-refractivity contribution < 1.29 is 9.90 Å². The van der Waals surface area contributed by atoms with Gasteiger partial charge in [-0.05, 0) is 25.2 Å². The molecule has 0 spiro atoms. The average Bonchev–Trinajstić information content (AvgIpc) is 2.94. The first-order valence-electron chi connectivity index (χ1n) is 6.63. The summed E-state index contributed by atoms with van der Waals surface area (Å²) in [5.41, 5.74) is 0.724. The van der Waals surface area contributed by atoms with E-state index in [9.17, 15) is 4.79 Å². The smallest absolute Gasteiger partial charge is 0.347 e. The van der Waals surface area contributed by atoms with Gasteiger partial charge in [-0.15, -0.1) is 0 Å². The summed E-state index contributed by atoms with van der Waals surface area (Å²) >= 11 is 1.32. The summed E-state index contributed by atoms with van der Waals surface area (Å²) in [5.74, 6) is -0.0999. The molecule has 0 radical (unpaired) electrons. The fourth-order valence-electron chi connectivity index (χ4n) is 2.53. The molecule has 1 aliphatic rings. The zero-order valence-electron chi connectivity index (χ0n) is 11.0. The average molecular weight is 268 g/mol. The number of thiazole rings is 1. The highest BCUT2D eigenvalue weighted by Crippen LogP contribution is 2.32. The van der Waals surface area contributed by atoms with E-state index in [-0.39, 0.29) is 0 Å². The third kappa shape index (κ3) is 2.66. The number of anilines is 1. The lowest BCUT2D eigenvalue weighted by Gasteiger charge is -2.14. The minimum Gasteiger partial charge on any atom is -0.477 e. The van der Waals surface area contributed by atoms with Crippen molar-refractivity contribution in [1.82, 2.24) is 4.98 Å². The number of nitrogens with zero attached hydrogens (tertiary/aromatic N) is 2. The second-order valence-corrected chi connectivity index (χ2v) is 5.80. The number of rotatable bonds is 5. The number of aromatic nitrogens is 1. The Kier molecular flexibility index (Phi) is 4.22. The zero-order chi connectivity index (χ0) is 13.1. The van der Waals surface area contributed by atoms with Crippen LogP contribution in [0.25, 0.3) is 0 Å². The van der Waals surface area contributed by atoms with Crippen molar-refractivity contribution in [3.05, 3.63) is 10.6 Å². The molecule has 1 atom stereocenters. The van der Waals surface area contributed by atoms with Gasteiger partial charge in [0.1, 0.15) is 4.88 Å². The molecule has 0 amide bonds. The van der Waals surface area contributed by atoms with Gasteiger partial charge in [-0.25, -0.2) is 9.78 Å². The van der Waals surface area contributed by atoms with Crippen molar-refractivity contribution in [3.63, 3.8) is 0 Å². The molecule has 5 heteroatoms. The topological polar surface area (TPSA) is 53.4 Å². The number of hydrogen-bond acceptors (Lipinski definition) is 4. The first-order chi connectivity index (χ1) is 8.65. The van der Waals surface area contributed by atoms with E-state index >= 15 is 0 Å². The van der Waals surface area contributed by atoms with Gasteiger partial charge in [0.15, 0.2) is 5.13 Å². The summed E-state index contributed by atoms with van der Waals surface area (Å²) in [6, 6.07) is 0. The predicted molar refractivity (Wildman–Crippen MR) is 73.7 cm³/mol. The molecule has 100 valence electrons. The second-order valence-electron chi connectivity index (χ2n) is 4.82. The van der Waals surface area contributed by atoms with Gasteiger partial charge in [-0.1, -0.05) is 31.6 Å². The lowest BCUT2D eigenvalue weighted by Crippen LogP contribution is -2.19. The van der Waals surface area contributed by atoms with Gasteiger partial charge < -0.3 is 10.0 Å². The molecule has 1 N–H and O–H groups in total. The molecule has 0 saturated carbocycles. The number of aromatic carboxylic acids is 1. The Morgan fingerprint density at radius 3 is 2.89 bits per heavy atom. The Morgan fingerprint density at radius 1 is 1.56 bits per heavy atom. The van der Waals surface area contributed by atoms with E-state index < -0.39 is 5.97 Å². The highest BCUT2D eigenvalue weighted by molar-refractivity contribution is 7.17. The molecule has 0 aliphatic carbocycles. The standard InChI is InChI=1S/C13H20N2O2S/c1-3-5-9-6-7-15(8-9)13-14-10(4-2)11(18-13)12(16)17/h9H,3-8H2,1-2H3,(H,16,17). The quantitative estimate of drug-likeness (QED) is 0.892. The van der Waals surface area contributed by atoms with Gasteiger partial charge in [0, 0.05) is 13.1 Å². The van der Waals surface area contributed by atoms with Crippen LogP contribution in [-0.4, -0.2) is 29.1 Å². The Bertz CT molecular complexity index is 431. The molecule has 2 rings (SSSR count). The lowest BCUT2D eigenvalue weighted by atomic mass is 10.0.